The summed E-state index contributed by atoms with van der Waals surface area (Å²) in [5.41, 5.74) is 0. The van der Waals surface area contributed by atoms with E-state index < -0.39 is 0 Å². The summed E-state index contributed by atoms with van der Waals surface area (Å²) in [6.07, 6.45) is 2.19. The molecule has 0 radical (unpaired) electrons. The smallest absolute Gasteiger partial charge is 0.130 e. The van der Waals surface area contributed by atoms with Crippen molar-refractivity contribution in [1.82, 2.24) is 0 Å². The van der Waals surface area contributed by atoms with Crippen LogP contribution in [0.1, 0.15) is 40.5 Å². The Morgan fingerprint density at radius 2 is 1.77 bits per heavy atom. The Morgan fingerprint density at radius 1 is 1.23 bits per heavy atom. The molecule has 0 aliphatic rings. The van der Waals surface area contributed by atoms with E-state index in [1.807, 2.05) is 0 Å². The van der Waals surface area contributed by atoms with Crippen LogP contribution in [0.25, 0.3) is 0 Å². The second-order valence-electron chi connectivity index (χ2n) is 4.12. The lowest BCUT2D eigenvalue weighted by atomic mass is 9.81. The van der Waals surface area contributed by atoms with Crippen molar-refractivity contribution in [3.05, 3.63) is 0 Å². The van der Waals surface area contributed by atoms with E-state index in [1.165, 1.54) is 0 Å². The maximum Gasteiger partial charge on any atom is 0.130 e. The second-order valence-corrected chi connectivity index (χ2v) is 4.12. The minimum atomic E-state index is 0.234. The van der Waals surface area contributed by atoms with E-state index in [2.05, 4.69) is 20.8 Å². The number of rotatable bonds is 6. The van der Waals surface area contributed by atoms with Gasteiger partial charge in [-0.1, -0.05) is 20.8 Å². The number of carbonyl (C=O) groups is 2. The highest BCUT2D eigenvalue weighted by Crippen LogP contribution is 2.24. The topological polar surface area (TPSA) is 34.1 Å². The van der Waals surface area contributed by atoms with Crippen molar-refractivity contribution in [3.8, 4) is 0 Å². The Labute approximate surface area is 80.7 Å². The summed E-state index contributed by atoms with van der Waals surface area (Å²) in [5.74, 6) is 1.44. The highest BCUT2D eigenvalue weighted by Gasteiger charge is 2.19. The number of hydrogen-bond donors (Lipinski definition) is 0. The fourth-order valence-corrected chi connectivity index (χ4v) is 1.57. The van der Waals surface area contributed by atoms with E-state index in [0.717, 1.165) is 6.29 Å². The van der Waals surface area contributed by atoms with Crippen LogP contribution < -0.4 is 0 Å². The van der Waals surface area contributed by atoms with E-state index >= 15 is 0 Å². The molecule has 0 aromatic heterocycles. The number of Topliss-reactive ketones (excluding diaryl/α,β-unsaturated/α-hetero) is 1. The van der Waals surface area contributed by atoms with Crippen molar-refractivity contribution in [3.63, 3.8) is 0 Å². The summed E-state index contributed by atoms with van der Waals surface area (Å²) in [7, 11) is 0. The molecule has 2 nitrogen and oxygen atoms in total. The summed E-state index contributed by atoms with van der Waals surface area (Å²) >= 11 is 0. The first kappa shape index (κ1) is 12.3. The summed E-state index contributed by atoms with van der Waals surface area (Å²) in [6.45, 7) is 7.87. The maximum absolute atomic E-state index is 10.9. The van der Waals surface area contributed by atoms with Crippen LogP contribution in [0.4, 0.5) is 0 Å². The Hall–Kier alpha value is -0.660. The minimum absolute atomic E-state index is 0.234. The molecule has 3 unspecified atom stereocenters. The van der Waals surface area contributed by atoms with Gasteiger partial charge in [-0.15, -0.1) is 0 Å². The van der Waals surface area contributed by atoms with Gasteiger partial charge in [-0.2, -0.15) is 0 Å². The van der Waals surface area contributed by atoms with Gasteiger partial charge in [0.1, 0.15) is 12.1 Å². The highest BCUT2D eigenvalue weighted by molar-refractivity contribution is 5.75. The Kier molecular flexibility index (Phi) is 5.60. The van der Waals surface area contributed by atoms with Gasteiger partial charge in [0.2, 0.25) is 0 Å². The van der Waals surface area contributed by atoms with Gasteiger partial charge in [-0.05, 0) is 24.7 Å². The fraction of sp³-hybridized carbons (Fsp3) is 0.818. The molecular formula is C11H20O2. The number of carbonyl (C=O) groups excluding carboxylic acids is 2. The molecular weight excluding hydrogens is 164 g/mol. The van der Waals surface area contributed by atoms with Crippen LogP contribution in [0.2, 0.25) is 0 Å². The lowest BCUT2D eigenvalue weighted by Crippen LogP contribution is -2.19. The summed E-state index contributed by atoms with van der Waals surface area (Å²) in [4.78, 5) is 21.2. The average Bonchev–Trinajstić information content (AvgIpc) is 2.02. The van der Waals surface area contributed by atoms with Gasteiger partial charge in [0.15, 0.2) is 0 Å². The van der Waals surface area contributed by atoms with Crippen molar-refractivity contribution in [2.24, 2.45) is 17.8 Å². The van der Waals surface area contributed by atoms with Gasteiger partial charge in [0, 0.05) is 12.8 Å². The maximum atomic E-state index is 10.9. The molecule has 0 amide bonds. The van der Waals surface area contributed by atoms with Crippen LogP contribution in [0.15, 0.2) is 0 Å². The van der Waals surface area contributed by atoms with Crippen molar-refractivity contribution < 1.29 is 9.59 Å². The van der Waals surface area contributed by atoms with Crippen molar-refractivity contribution in [2.75, 3.05) is 0 Å². The van der Waals surface area contributed by atoms with E-state index in [1.54, 1.807) is 6.92 Å². The van der Waals surface area contributed by atoms with E-state index in [-0.39, 0.29) is 5.78 Å². The molecule has 0 bridgehead atoms. The predicted octanol–water partition coefficient (Wildman–Crippen LogP) is 2.46. The average molecular weight is 184 g/mol. The molecule has 2 heteroatoms. The molecule has 0 aliphatic heterocycles. The summed E-state index contributed by atoms with van der Waals surface area (Å²) in [6, 6.07) is 0. The van der Waals surface area contributed by atoms with Gasteiger partial charge < -0.3 is 9.59 Å². The molecule has 0 aromatic carbocycles. The fourth-order valence-electron chi connectivity index (χ4n) is 1.57. The monoisotopic (exact) mass is 184 g/mol. The molecule has 0 aromatic rings. The zero-order chi connectivity index (χ0) is 10.4. The summed E-state index contributed by atoms with van der Waals surface area (Å²) < 4.78 is 0. The Bertz CT molecular complexity index is 175. The first-order valence-electron chi connectivity index (χ1n) is 4.92. The van der Waals surface area contributed by atoms with Crippen molar-refractivity contribution in [2.45, 2.75) is 40.5 Å². The highest BCUT2D eigenvalue weighted by atomic mass is 16.1. The lowest BCUT2D eigenvalue weighted by Gasteiger charge is -2.23. The quantitative estimate of drug-likeness (QED) is 0.594. The normalized spacial score (nSPS) is 17.5. The van der Waals surface area contributed by atoms with Crippen LogP contribution >= 0.6 is 0 Å². The zero-order valence-electron chi connectivity index (χ0n) is 9.04. The van der Waals surface area contributed by atoms with Crippen LogP contribution in [0.3, 0.4) is 0 Å². The first-order chi connectivity index (χ1) is 5.99. The number of aldehydes is 1. The van der Waals surface area contributed by atoms with Crippen LogP contribution in [0.5, 0.6) is 0 Å². The third-order valence-electron chi connectivity index (χ3n) is 2.87. The number of ketones is 1. The molecule has 0 heterocycles. The standard InChI is InChI=1S/C11H20O2/c1-8(5-6-12)11(4)9(2)7-10(3)13/h6,8-9,11H,5,7H2,1-4H3. The van der Waals surface area contributed by atoms with Crippen LogP contribution in [0, 0.1) is 17.8 Å². The van der Waals surface area contributed by atoms with Crippen molar-refractivity contribution >= 4 is 12.1 Å². The Balaban J connectivity index is 3.99. The molecule has 13 heavy (non-hydrogen) atoms. The Morgan fingerprint density at radius 3 is 2.15 bits per heavy atom. The SMILES string of the molecule is CC(=O)CC(C)C(C)C(C)CC=O. The molecule has 0 aliphatic carbocycles. The second kappa shape index (κ2) is 5.90. The van der Waals surface area contributed by atoms with Gasteiger partial charge in [-0.25, -0.2) is 0 Å². The predicted molar refractivity (Wildman–Crippen MR) is 53.5 cm³/mol. The van der Waals surface area contributed by atoms with Crippen LogP contribution in [-0.4, -0.2) is 12.1 Å². The molecule has 0 saturated heterocycles. The molecule has 0 spiro atoms. The third-order valence-corrected chi connectivity index (χ3v) is 2.87. The van der Waals surface area contributed by atoms with Gasteiger partial charge in [0.05, 0.1) is 0 Å². The number of hydrogen-bond acceptors (Lipinski definition) is 2. The van der Waals surface area contributed by atoms with Gasteiger partial charge >= 0.3 is 0 Å². The minimum Gasteiger partial charge on any atom is -0.303 e. The first-order valence-corrected chi connectivity index (χ1v) is 4.92. The van der Waals surface area contributed by atoms with E-state index in [0.29, 0.717) is 30.6 Å². The van der Waals surface area contributed by atoms with E-state index in [4.69, 9.17) is 0 Å². The van der Waals surface area contributed by atoms with Crippen LogP contribution in [-0.2, 0) is 9.59 Å². The van der Waals surface area contributed by atoms with Gasteiger partial charge in [0.25, 0.3) is 0 Å². The molecule has 0 saturated carbocycles. The lowest BCUT2D eigenvalue weighted by molar-refractivity contribution is -0.118. The van der Waals surface area contributed by atoms with Crippen molar-refractivity contribution in [1.29, 1.82) is 0 Å². The molecule has 0 rings (SSSR count). The largest absolute Gasteiger partial charge is 0.303 e. The molecule has 3 atom stereocenters. The zero-order valence-corrected chi connectivity index (χ0v) is 9.04. The van der Waals surface area contributed by atoms with E-state index in [9.17, 15) is 9.59 Å². The molecule has 0 fully saturated rings. The summed E-state index contributed by atoms with van der Waals surface area (Å²) in [5, 5.41) is 0. The molecule has 76 valence electrons. The van der Waals surface area contributed by atoms with Gasteiger partial charge in [-0.3, -0.25) is 0 Å². The molecule has 0 N–H and O–H groups in total. The third kappa shape index (κ3) is 4.81.